The first-order valence-corrected chi connectivity index (χ1v) is 6.28. The first-order valence-electron chi connectivity index (χ1n) is 6.28. The van der Waals surface area contributed by atoms with E-state index in [0.717, 1.165) is 11.6 Å². The molecule has 0 amide bonds. The fourth-order valence-corrected chi connectivity index (χ4v) is 1.79. The standard InChI is InChI=1S/C16H15FN2O/c1-11(19-2)13-4-3-5-14(9-13)20-16-7-6-12(10-18)8-15(16)17/h3-9,11,19H,1-2H3. The summed E-state index contributed by atoms with van der Waals surface area (Å²) in [5.74, 6) is 0.127. The molecule has 4 heteroatoms. The Morgan fingerprint density at radius 3 is 2.70 bits per heavy atom. The number of benzene rings is 2. The lowest BCUT2D eigenvalue weighted by atomic mass is 10.1. The van der Waals surface area contributed by atoms with Gasteiger partial charge in [-0.1, -0.05) is 12.1 Å². The van der Waals surface area contributed by atoms with Gasteiger partial charge < -0.3 is 10.1 Å². The van der Waals surface area contributed by atoms with Crippen molar-refractivity contribution in [1.29, 1.82) is 5.26 Å². The minimum Gasteiger partial charge on any atom is -0.454 e. The van der Waals surface area contributed by atoms with E-state index in [0.29, 0.717) is 5.75 Å². The second-order valence-electron chi connectivity index (χ2n) is 4.44. The van der Waals surface area contributed by atoms with E-state index in [2.05, 4.69) is 5.32 Å². The van der Waals surface area contributed by atoms with Crippen LogP contribution in [0.25, 0.3) is 0 Å². The first-order chi connectivity index (χ1) is 9.63. The van der Waals surface area contributed by atoms with Gasteiger partial charge in [0.25, 0.3) is 0 Å². The molecule has 20 heavy (non-hydrogen) atoms. The van der Waals surface area contributed by atoms with Gasteiger partial charge in [-0.15, -0.1) is 0 Å². The highest BCUT2D eigenvalue weighted by molar-refractivity contribution is 5.39. The molecule has 0 heterocycles. The number of nitrogens with zero attached hydrogens (tertiary/aromatic N) is 1. The first kappa shape index (κ1) is 14.0. The van der Waals surface area contributed by atoms with Crippen molar-refractivity contribution in [3.05, 3.63) is 59.4 Å². The third-order valence-electron chi connectivity index (χ3n) is 3.08. The monoisotopic (exact) mass is 270 g/mol. The van der Waals surface area contributed by atoms with Gasteiger partial charge >= 0.3 is 0 Å². The van der Waals surface area contributed by atoms with Crippen LogP contribution in [0.15, 0.2) is 42.5 Å². The minimum atomic E-state index is -0.545. The zero-order valence-corrected chi connectivity index (χ0v) is 11.4. The van der Waals surface area contributed by atoms with Gasteiger partial charge in [-0.25, -0.2) is 4.39 Å². The van der Waals surface area contributed by atoms with Gasteiger partial charge in [0.15, 0.2) is 11.6 Å². The van der Waals surface area contributed by atoms with Crippen molar-refractivity contribution in [2.24, 2.45) is 0 Å². The lowest BCUT2D eigenvalue weighted by Gasteiger charge is -2.13. The second kappa shape index (κ2) is 6.18. The minimum absolute atomic E-state index is 0.110. The van der Waals surface area contributed by atoms with Crippen LogP contribution in [0.4, 0.5) is 4.39 Å². The molecule has 0 bridgehead atoms. The summed E-state index contributed by atoms with van der Waals surface area (Å²) in [7, 11) is 1.87. The normalized spacial score (nSPS) is 11.7. The fourth-order valence-electron chi connectivity index (χ4n) is 1.79. The van der Waals surface area contributed by atoms with Crippen molar-refractivity contribution in [3.63, 3.8) is 0 Å². The molecule has 2 rings (SSSR count). The molecule has 0 aliphatic carbocycles. The Balaban J connectivity index is 2.24. The van der Waals surface area contributed by atoms with Crippen LogP contribution in [0.1, 0.15) is 24.1 Å². The largest absolute Gasteiger partial charge is 0.454 e. The van der Waals surface area contributed by atoms with Crippen LogP contribution in [-0.4, -0.2) is 7.05 Å². The Labute approximate surface area is 117 Å². The van der Waals surface area contributed by atoms with Gasteiger partial charge in [0.1, 0.15) is 5.75 Å². The third-order valence-corrected chi connectivity index (χ3v) is 3.08. The Morgan fingerprint density at radius 2 is 2.05 bits per heavy atom. The molecule has 0 aliphatic rings. The van der Waals surface area contributed by atoms with Crippen molar-refractivity contribution >= 4 is 0 Å². The van der Waals surface area contributed by atoms with E-state index in [1.54, 1.807) is 6.07 Å². The number of halogens is 1. The summed E-state index contributed by atoms with van der Waals surface area (Å²) in [4.78, 5) is 0. The number of rotatable bonds is 4. The predicted octanol–water partition coefficient (Wildman–Crippen LogP) is 3.77. The summed E-state index contributed by atoms with van der Waals surface area (Å²) in [5, 5.41) is 11.8. The molecule has 0 fully saturated rings. The molecular weight excluding hydrogens is 255 g/mol. The number of ether oxygens (including phenoxy) is 1. The van der Waals surface area contributed by atoms with Crippen LogP contribution in [0.5, 0.6) is 11.5 Å². The van der Waals surface area contributed by atoms with Crippen LogP contribution < -0.4 is 10.1 Å². The van der Waals surface area contributed by atoms with Gasteiger partial charge in [0.2, 0.25) is 0 Å². The van der Waals surface area contributed by atoms with E-state index in [1.807, 2.05) is 38.2 Å². The molecular formula is C16H15FN2O. The zero-order valence-electron chi connectivity index (χ0n) is 11.4. The molecule has 3 nitrogen and oxygen atoms in total. The van der Waals surface area contributed by atoms with Crippen molar-refractivity contribution in [2.45, 2.75) is 13.0 Å². The van der Waals surface area contributed by atoms with E-state index >= 15 is 0 Å². The van der Waals surface area contributed by atoms with Crippen LogP contribution in [0.3, 0.4) is 0 Å². The maximum Gasteiger partial charge on any atom is 0.167 e. The summed E-state index contributed by atoms with van der Waals surface area (Å²) in [6.45, 7) is 2.03. The Hall–Kier alpha value is -2.38. The topological polar surface area (TPSA) is 45.0 Å². The number of nitrogens with one attached hydrogen (secondary N) is 1. The van der Waals surface area contributed by atoms with Crippen LogP contribution in [-0.2, 0) is 0 Å². The maximum absolute atomic E-state index is 13.8. The number of nitriles is 1. The van der Waals surface area contributed by atoms with E-state index in [-0.39, 0.29) is 17.4 Å². The SMILES string of the molecule is CNC(C)c1cccc(Oc2ccc(C#N)cc2F)c1. The highest BCUT2D eigenvalue weighted by atomic mass is 19.1. The van der Waals surface area contributed by atoms with Gasteiger partial charge in [-0.05, 0) is 49.9 Å². The molecule has 2 aromatic rings. The van der Waals surface area contributed by atoms with E-state index in [9.17, 15) is 4.39 Å². The second-order valence-corrected chi connectivity index (χ2v) is 4.44. The predicted molar refractivity (Wildman–Crippen MR) is 75.1 cm³/mol. The zero-order chi connectivity index (χ0) is 14.5. The Bertz CT molecular complexity index is 649. The molecule has 0 aliphatic heterocycles. The van der Waals surface area contributed by atoms with Gasteiger partial charge in [-0.3, -0.25) is 0 Å². The third kappa shape index (κ3) is 3.14. The Morgan fingerprint density at radius 1 is 1.25 bits per heavy atom. The van der Waals surface area contributed by atoms with Crippen molar-refractivity contribution < 1.29 is 9.13 Å². The lowest BCUT2D eigenvalue weighted by molar-refractivity contribution is 0.441. The fraction of sp³-hybridized carbons (Fsp3) is 0.188. The molecule has 0 saturated carbocycles. The number of hydrogen-bond acceptors (Lipinski definition) is 3. The molecule has 0 spiro atoms. The molecule has 0 aromatic heterocycles. The molecule has 102 valence electrons. The van der Waals surface area contributed by atoms with Crippen LogP contribution in [0, 0.1) is 17.1 Å². The molecule has 0 radical (unpaired) electrons. The van der Waals surface area contributed by atoms with E-state index in [4.69, 9.17) is 10.00 Å². The van der Waals surface area contributed by atoms with Gasteiger partial charge in [0, 0.05) is 6.04 Å². The molecule has 1 unspecified atom stereocenters. The van der Waals surface area contributed by atoms with Crippen LogP contribution in [0.2, 0.25) is 0 Å². The summed E-state index contributed by atoms with van der Waals surface area (Å²) in [6.07, 6.45) is 0. The summed E-state index contributed by atoms with van der Waals surface area (Å²) < 4.78 is 19.3. The van der Waals surface area contributed by atoms with Crippen molar-refractivity contribution in [1.82, 2.24) is 5.32 Å². The molecule has 2 aromatic carbocycles. The van der Waals surface area contributed by atoms with Gasteiger partial charge in [0.05, 0.1) is 11.6 Å². The highest BCUT2D eigenvalue weighted by Crippen LogP contribution is 2.27. The quantitative estimate of drug-likeness (QED) is 0.919. The maximum atomic E-state index is 13.8. The molecule has 0 saturated heterocycles. The average molecular weight is 270 g/mol. The summed E-state index contributed by atoms with van der Waals surface area (Å²) >= 11 is 0. The van der Waals surface area contributed by atoms with Crippen molar-refractivity contribution in [2.75, 3.05) is 7.05 Å². The summed E-state index contributed by atoms with van der Waals surface area (Å²) in [5.41, 5.74) is 1.33. The van der Waals surface area contributed by atoms with E-state index in [1.165, 1.54) is 12.1 Å². The Kier molecular flexibility index (Phi) is 4.34. The van der Waals surface area contributed by atoms with Crippen molar-refractivity contribution in [3.8, 4) is 17.6 Å². The summed E-state index contributed by atoms with van der Waals surface area (Å²) in [6, 6.07) is 13.7. The molecule has 1 atom stereocenters. The number of hydrogen-bond donors (Lipinski definition) is 1. The smallest absolute Gasteiger partial charge is 0.167 e. The molecule has 1 N–H and O–H groups in total. The van der Waals surface area contributed by atoms with Crippen LogP contribution >= 0.6 is 0 Å². The highest BCUT2D eigenvalue weighted by Gasteiger charge is 2.08. The average Bonchev–Trinajstić information content (AvgIpc) is 2.48. The lowest BCUT2D eigenvalue weighted by Crippen LogP contribution is -2.12. The van der Waals surface area contributed by atoms with Gasteiger partial charge in [-0.2, -0.15) is 5.26 Å². The van der Waals surface area contributed by atoms with E-state index < -0.39 is 5.82 Å².